The first-order valence-corrected chi connectivity index (χ1v) is 8.31. The molecule has 0 atom stereocenters. The molecule has 21 heavy (non-hydrogen) atoms. The van der Waals surface area contributed by atoms with Gasteiger partial charge in [0.25, 0.3) is 0 Å². The molecule has 0 unspecified atom stereocenters. The SMILES string of the molecule is CCC1(C(=O)O)CCN(CC(=O)N2CCCCCC2)CC1. The van der Waals surface area contributed by atoms with Crippen LogP contribution in [0.3, 0.4) is 0 Å². The summed E-state index contributed by atoms with van der Waals surface area (Å²) in [7, 11) is 0. The molecule has 0 aromatic carbocycles. The summed E-state index contributed by atoms with van der Waals surface area (Å²) in [6.45, 7) is 5.63. The second kappa shape index (κ2) is 7.25. The van der Waals surface area contributed by atoms with Crippen molar-refractivity contribution in [2.45, 2.75) is 51.9 Å². The lowest BCUT2D eigenvalue weighted by atomic mass is 9.76. The van der Waals surface area contributed by atoms with Gasteiger partial charge in [-0.1, -0.05) is 19.8 Å². The minimum Gasteiger partial charge on any atom is -0.481 e. The Hall–Kier alpha value is -1.10. The van der Waals surface area contributed by atoms with Crippen LogP contribution in [0.25, 0.3) is 0 Å². The van der Waals surface area contributed by atoms with E-state index in [9.17, 15) is 14.7 Å². The molecule has 2 fully saturated rings. The molecule has 0 aromatic heterocycles. The Labute approximate surface area is 127 Å². The van der Waals surface area contributed by atoms with E-state index in [0.717, 1.165) is 39.0 Å². The summed E-state index contributed by atoms with van der Waals surface area (Å²) in [5.74, 6) is -0.459. The maximum Gasteiger partial charge on any atom is 0.309 e. The maximum atomic E-state index is 12.4. The van der Waals surface area contributed by atoms with Gasteiger partial charge in [-0.25, -0.2) is 0 Å². The number of aliphatic carboxylic acids is 1. The van der Waals surface area contributed by atoms with Crippen molar-refractivity contribution in [2.24, 2.45) is 5.41 Å². The Morgan fingerprint density at radius 3 is 2.05 bits per heavy atom. The molecule has 0 aliphatic carbocycles. The predicted octanol–water partition coefficient (Wildman–Crippen LogP) is 1.97. The first-order valence-electron chi connectivity index (χ1n) is 8.31. The van der Waals surface area contributed by atoms with Crippen LogP contribution in [0.2, 0.25) is 0 Å². The molecule has 1 N–H and O–H groups in total. The van der Waals surface area contributed by atoms with Crippen LogP contribution >= 0.6 is 0 Å². The highest BCUT2D eigenvalue weighted by atomic mass is 16.4. The van der Waals surface area contributed by atoms with Crippen LogP contribution in [0.1, 0.15) is 51.9 Å². The molecule has 0 radical (unpaired) electrons. The van der Waals surface area contributed by atoms with Gasteiger partial charge in [-0.3, -0.25) is 14.5 Å². The number of hydrogen-bond acceptors (Lipinski definition) is 3. The Balaban J connectivity index is 1.82. The van der Waals surface area contributed by atoms with Gasteiger partial charge in [-0.2, -0.15) is 0 Å². The zero-order valence-corrected chi connectivity index (χ0v) is 13.1. The average molecular weight is 296 g/mol. The molecule has 5 nitrogen and oxygen atoms in total. The zero-order chi connectivity index (χ0) is 15.3. The van der Waals surface area contributed by atoms with Crippen molar-refractivity contribution in [3.63, 3.8) is 0 Å². The second-order valence-electron chi connectivity index (χ2n) is 6.51. The normalized spacial score (nSPS) is 23.6. The molecule has 120 valence electrons. The lowest BCUT2D eigenvalue weighted by Crippen LogP contribution is -2.48. The van der Waals surface area contributed by atoms with E-state index in [2.05, 4.69) is 4.90 Å². The monoisotopic (exact) mass is 296 g/mol. The first-order chi connectivity index (χ1) is 10.1. The lowest BCUT2D eigenvalue weighted by molar-refractivity contribution is -0.152. The Bertz CT molecular complexity index is 368. The van der Waals surface area contributed by atoms with E-state index in [1.165, 1.54) is 12.8 Å². The summed E-state index contributed by atoms with van der Waals surface area (Å²) in [5.41, 5.74) is -0.567. The van der Waals surface area contributed by atoms with Crippen LogP contribution in [0, 0.1) is 5.41 Å². The van der Waals surface area contributed by atoms with Gasteiger partial charge in [0, 0.05) is 13.1 Å². The maximum absolute atomic E-state index is 12.4. The summed E-state index contributed by atoms with van der Waals surface area (Å²) in [6.07, 6.45) is 6.68. The number of nitrogens with zero attached hydrogens (tertiary/aromatic N) is 2. The van der Waals surface area contributed by atoms with Crippen LogP contribution < -0.4 is 0 Å². The molecule has 0 bridgehead atoms. The van der Waals surface area contributed by atoms with E-state index < -0.39 is 11.4 Å². The van der Waals surface area contributed by atoms with Gasteiger partial charge in [0.05, 0.1) is 12.0 Å². The van der Waals surface area contributed by atoms with Gasteiger partial charge >= 0.3 is 5.97 Å². The van der Waals surface area contributed by atoms with E-state index in [1.807, 2.05) is 11.8 Å². The molecular weight excluding hydrogens is 268 g/mol. The summed E-state index contributed by atoms with van der Waals surface area (Å²) in [5, 5.41) is 9.40. The number of piperidine rings is 1. The summed E-state index contributed by atoms with van der Waals surface area (Å²) in [4.78, 5) is 27.9. The number of likely N-dealkylation sites (tertiary alicyclic amines) is 2. The Morgan fingerprint density at radius 2 is 1.57 bits per heavy atom. The minimum atomic E-state index is -0.677. The largest absolute Gasteiger partial charge is 0.481 e. The molecule has 0 spiro atoms. The van der Waals surface area contributed by atoms with Crippen molar-refractivity contribution in [3.05, 3.63) is 0 Å². The van der Waals surface area contributed by atoms with Gasteiger partial charge in [-0.15, -0.1) is 0 Å². The van der Waals surface area contributed by atoms with Crippen LogP contribution in [0.4, 0.5) is 0 Å². The highest BCUT2D eigenvalue weighted by Crippen LogP contribution is 2.35. The highest BCUT2D eigenvalue weighted by molar-refractivity contribution is 5.78. The molecule has 2 aliphatic rings. The van der Waals surface area contributed by atoms with Crippen molar-refractivity contribution >= 4 is 11.9 Å². The number of carbonyl (C=O) groups is 2. The third kappa shape index (κ3) is 3.96. The summed E-state index contributed by atoms with van der Waals surface area (Å²) in [6, 6.07) is 0. The number of amides is 1. The smallest absolute Gasteiger partial charge is 0.309 e. The van der Waals surface area contributed by atoms with E-state index in [4.69, 9.17) is 0 Å². The van der Waals surface area contributed by atoms with Gasteiger partial charge < -0.3 is 10.0 Å². The fraction of sp³-hybridized carbons (Fsp3) is 0.875. The number of carbonyl (C=O) groups excluding carboxylic acids is 1. The molecule has 5 heteroatoms. The summed E-state index contributed by atoms with van der Waals surface area (Å²) < 4.78 is 0. The molecule has 2 saturated heterocycles. The molecule has 1 amide bonds. The van der Waals surface area contributed by atoms with Crippen molar-refractivity contribution in [2.75, 3.05) is 32.7 Å². The Kier molecular flexibility index (Phi) is 5.62. The van der Waals surface area contributed by atoms with Crippen LogP contribution in [-0.2, 0) is 9.59 Å². The van der Waals surface area contributed by atoms with E-state index in [1.54, 1.807) is 0 Å². The van der Waals surface area contributed by atoms with Gasteiger partial charge in [0.1, 0.15) is 0 Å². The molecule has 2 heterocycles. The van der Waals surface area contributed by atoms with E-state index >= 15 is 0 Å². The number of rotatable bonds is 4. The molecule has 2 rings (SSSR count). The van der Waals surface area contributed by atoms with Crippen molar-refractivity contribution in [3.8, 4) is 0 Å². The third-order valence-corrected chi connectivity index (χ3v) is 5.26. The second-order valence-corrected chi connectivity index (χ2v) is 6.51. The van der Waals surface area contributed by atoms with Gasteiger partial charge in [0.2, 0.25) is 5.91 Å². The first kappa shape index (κ1) is 16.3. The molecular formula is C16H28N2O3. The number of carboxylic acid groups (broad SMARTS) is 1. The minimum absolute atomic E-state index is 0.219. The number of carboxylic acids is 1. The topological polar surface area (TPSA) is 60.9 Å². The molecule has 2 aliphatic heterocycles. The van der Waals surface area contributed by atoms with Crippen molar-refractivity contribution < 1.29 is 14.7 Å². The van der Waals surface area contributed by atoms with E-state index in [-0.39, 0.29) is 5.91 Å². The zero-order valence-electron chi connectivity index (χ0n) is 13.1. The Morgan fingerprint density at radius 1 is 1.00 bits per heavy atom. The van der Waals surface area contributed by atoms with Crippen LogP contribution in [-0.4, -0.2) is 59.5 Å². The lowest BCUT2D eigenvalue weighted by Gasteiger charge is -2.38. The summed E-state index contributed by atoms with van der Waals surface area (Å²) >= 11 is 0. The molecule has 0 aromatic rings. The van der Waals surface area contributed by atoms with Crippen LogP contribution in [0.5, 0.6) is 0 Å². The third-order valence-electron chi connectivity index (χ3n) is 5.26. The highest BCUT2D eigenvalue weighted by Gasteiger charge is 2.40. The van der Waals surface area contributed by atoms with E-state index in [0.29, 0.717) is 25.8 Å². The molecule has 0 saturated carbocycles. The van der Waals surface area contributed by atoms with Crippen molar-refractivity contribution in [1.29, 1.82) is 0 Å². The fourth-order valence-electron chi connectivity index (χ4n) is 3.47. The van der Waals surface area contributed by atoms with Crippen LogP contribution in [0.15, 0.2) is 0 Å². The average Bonchev–Trinajstić information content (AvgIpc) is 2.77. The fourth-order valence-corrected chi connectivity index (χ4v) is 3.47. The predicted molar refractivity (Wildman–Crippen MR) is 81.1 cm³/mol. The number of hydrogen-bond donors (Lipinski definition) is 1. The van der Waals surface area contributed by atoms with Gasteiger partial charge in [0.15, 0.2) is 0 Å². The van der Waals surface area contributed by atoms with Gasteiger partial charge in [-0.05, 0) is 45.2 Å². The standard InChI is InChI=1S/C16H28N2O3/c1-2-16(15(20)21)7-11-17(12-8-16)13-14(19)18-9-5-3-4-6-10-18/h2-13H2,1H3,(H,20,21). The quantitative estimate of drug-likeness (QED) is 0.861. The van der Waals surface area contributed by atoms with Crippen molar-refractivity contribution in [1.82, 2.24) is 9.80 Å².